The Morgan fingerprint density at radius 1 is 0.750 bits per heavy atom. The predicted octanol–water partition coefficient (Wildman–Crippen LogP) is 7.50. The van der Waals surface area contributed by atoms with Crippen LogP contribution in [0, 0.1) is 0 Å². The largest absolute Gasteiger partial charge is 0.277 e. The highest BCUT2D eigenvalue weighted by atomic mass is 32.2. The maximum absolute atomic E-state index is 12.9. The summed E-state index contributed by atoms with van der Waals surface area (Å²) in [6.45, 7) is 2.26. The number of aryl methyl sites for hydroxylation is 1. The van der Waals surface area contributed by atoms with Gasteiger partial charge < -0.3 is 0 Å². The smallest absolute Gasteiger partial charge is 0.261 e. The number of benzene rings is 2. The van der Waals surface area contributed by atoms with Gasteiger partial charge in [0.1, 0.15) is 0 Å². The summed E-state index contributed by atoms with van der Waals surface area (Å²) in [6.07, 6.45) is 15.9. The molecule has 0 saturated heterocycles. The van der Waals surface area contributed by atoms with Crippen LogP contribution in [-0.2, 0) is 16.4 Å². The van der Waals surface area contributed by atoms with Gasteiger partial charge in [-0.1, -0.05) is 95.0 Å². The Kier molecular flexibility index (Phi) is 9.54. The normalized spacial score (nSPS) is 11.7. The molecule has 1 aromatic heterocycles. The van der Waals surface area contributed by atoms with Crippen molar-refractivity contribution in [3.63, 3.8) is 0 Å². The minimum absolute atomic E-state index is 0.275. The van der Waals surface area contributed by atoms with Gasteiger partial charge in [0.05, 0.1) is 16.1 Å². The molecule has 1 N–H and O–H groups in total. The summed E-state index contributed by atoms with van der Waals surface area (Å²) in [7, 11) is -3.66. The zero-order chi connectivity index (χ0) is 22.7. The fraction of sp³-hybridized carbons (Fsp3) is 0.444. The maximum Gasteiger partial charge on any atom is 0.261 e. The fourth-order valence-corrected chi connectivity index (χ4v) is 5.11. The molecular weight excluding hydrogens is 416 g/mol. The number of rotatable bonds is 14. The lowest BCUT2D eigenvalue weighted by Crippen LogP contribution is -2.13. The summed E-state index contributed by atoms with van der Waals surface area (Å²) >= 11 is 0. The Morgan fingerprint density at radius 3 is 2.06 bits per heavy atom. The lowest BCUT2D eigenvalue weighted by molar-refractivity contribution is 0.556. The van der Waals surface area contributed by atoms with E-state index in [0.717, 1.165) is 18.2 Å². The zero-order valence-corrected chi connectivity index (χ0v) is 20.0. The molecule has 172 valence electrons. The summed E-state index contributed by atoms with van der Waals surface area (Å²) in [6, 6.07) is 16.5. The van der Waals surface area contributed by atoms with Crippen molar-refractivity contribution in [2.24, 2.45) is 0 Å². The topological polar surface area (TPSA) is 59.1 Å². The SMILES string of the molecule is CCCCCCCCCCCCc1ccc(S(=O)(=O)Nc2cccc3cccnc23)cc1. The highest BCUT2D eigenvalue weighted by Crippen LogP contribution is 2.24. The number of sulfonamides is 1. The molecular formula is C27H36N2O2S. The third-order valence-corrected chi connectivity index (χ3v) is 7.31. The van der Waals surface area contributed by atoms with Crippen LogP contribution in [0.3, 0.4) is 0 Å². The van der Waals surface area contributed by atoms with Gasteiger partial charge in [0.2, 0.25) is 0 Å². The molecule has 0 bridgehead atoms. The lowest BCUT2D eigenvalue weighted by atomic mass is 10.0. The lowest BCUT2D eigenvalue weighted by Gasteiger charge is -2.11. The van der Waals surface area contributed by atoms with E-state index in [2.05, 4.69) is 16.6 Å². The van der Waals surface area contributed by atoms with Crippen LogP contribution >= 0.6 is 0 Å². The minimum atomic E-state index is -3.66. The molecule has 5 heteroatoms. The standard InChI is InChI=1S/C27H36N2O2S/c1-2-3-4-5-6-7-8-9-10-11-14-23-18-20-25(21-19-23)32(30,31)29-26-17-12-15-24-16-13-22-28-27(24)26/h12-13,15-22,29H,2-11,14H2,1H3. The molecule has 0 radical (unpaired) electrons. The van der Waals surface area contributed by atoms with Crippen molar-refractivity contribution in [1.82, 2.24) is 4.98 Å². The number of nitrogens with zero attached hydrogens (tertiary/aromatic N) is 1. The minimum Gasteiger partial charge on any atom is -0.277 e. The van der Waals surface area contributed by atoms with E-state index in [1.54, 1.807) is 24.4 Å². The first-order chi connectivity index (χ1) is 15.6. The summed E-state index contributed by atoms with van der Waals surface area (Å²) in [5, 5.41) is 0.902. The van der Waals surface area contributed by atoms with E-state index in [9.17, 15) is 8.42 Å². The van der Waals surface area contributed by atoms with Crippen molar-refractivity contribution in [2.75, 3.05) is 4.72 Å². The summed E-state index contributed by atoms with van der Waals surface area (Å²) < 4.78 is 28.4. The van der Waals surface area contributed by atoms with Gasteiger partial charge in [-0.15, -0.1) is 0 Å². The number of nitrogens with one attached hydrogen (secondary N) is 1. The van der Waals surface area contributed by atoms with Crippen molar-refractivity contribution >= 4 is 26.6 Å². The summed E-state index contributed by atoms with van der Waals surface area (Å²) in [5.41, 5.74) is 2.34. The number of pyridine rings is 1. The molecule has 32 heavy (non-hydrogen) atoms. The molecule has 2 aromatic carbocycles. The van der Waals surface area contributed by atoms with Crippen molar-refractivity contribution in [1.29, 1.82) is 0 Å². The van der Waals surface area contributed by atoms with Gasteiger partial charge in [-0.05, 0) is 42.7 Å². The van der Waals surface area contributed by atoms with E-state index in [4.69, 9.17) is 0 Å². The van der Waals surface area contributed by atoms with Crippen LogP contribution in [0.5, 0.6) is 0 Å². The number of aromatic nitrogens is 1. The van der Waals surface area contributed by atoms with Crippen molar-refractivity contribution in [3.05, 3.63) is 66.4 Å². The average molecular weight is 453 g/mol. The van der Waals surface area contributed by atoms with Crippen LogP contribution in [0.2, 0.25) is 0 Å². The van der Waals surface area contributed by atoms with Crippen LogP contribution in [0.4, 0.5) is 5.69 Å². The van der Waals surface area contributed by atoms with Gasteiger partial charge in [-0.2, -0.15) is 0 Å². The van der Waals surface area contributed by atoms with Gasteiger partial charge in [0.15, 0.2) is 0 Å². The van der Waals surface area contributed by atoms with Crippen LogP contribution < -0.4 is 4.72 Å². The molecule has 0 spiro atoms. The molecule has 3 aromatic rings. The first-order valence-corrected chi connectivity index (χ1v) is 13.5. The molecule has 1 heterocycles. The fourth-order valence-electron chi connectivity index (χ4n) is 4.04. The van der Waals surface area contributed by atoms with Crippen LogP contribution in [-0.4, -0.2) is 13.4 Å². The Labute approximate surface area is 193 Å². The Balaban J connectivity index is 1.44. The second-order valence-electron chi connectivity index (χ2n) is 8.56. The highest BCUT2D eigenvalue weighted by molar-refractivity contribution is 7.92. The van der Waals surface area contributed by atoms with E-state index < -0.39 is 10.0 Å². The van der Waals surface area contributed by atoms with Crippen LogP contribution in [0.15, 0.2) is 65.7 Å². The van der Waals surface area contributed by atoms with Crippen molar-refractivity contribution in [2.45, 2.75) is 82.4 Å². The van der Waals surface area contributed by atoms with E-state index in [1.807, 2.05) is 36.4 Å². The molecule has 0 atom stereocenters. The van der Waals surface area contributed by atoms with Gasteiger partial charge in [0.25, 0.3) is 10.0 Å². The first kappa shape index (κ1) is 24.2. The molecule has 4 nitrogen and oxygen atoms in total. The van der Waals surface area contributed by atoms with E-state index in [-0.39, 0.29) is 4.90 Å². The number of hydrogen-bond donors (Lipinski definition) is 1. The van der Waals surface area contributed by atoms with Crippen LogP contribution in [0.25, 0.3) is 10.9 Å². The number of fused-ring (bicyclic) bond motifs is 1. The second kappa shape index (κ2) is 12.6. The average Bonchev–Trinajstić information content (AvgIpc) is 2.81. The predicted molar refractivity (Wildman–Crippen MR) is 135 cm³/mol. The van der Waals surface area contributed by atoms with Gasteiger partial charge in [0, 0.05) is 11.6 Å². The highest BCUT2D eigenvalue weighted by Gasteiger charge is 2.15. The summed E-state index contributed by atoms with van der Waals surface area (Å²) in [5.74, 6) is 0. The molecule has 0 aliphatic heterocycles. The second-order valence-corrected chi connectivity index (χ2v) is 10.2. The third kappa shape index (κ3) is 7.33. The Bertz CT molecular complexity index is 1060. The number of para-hydroxylation sites is 1. The molecule has 3 rings (SSSR count). The van der Waals surface area contributed by atoms with Crippen molar-refractivity contribution in [3.8, 4) is 0 Å². The zero-order valence-electron chi connectivity index (χ0n) is 19.2. The maximum atomic E-state index is 12.9. The Hall–Kier alpha value is -2.40. The Morgan fingerprint density at radius 2 is 1.38 bits per heavy atom. The van der Waals surface area contributed by atoms with E-state index in [0.29, 0.717) is 11.2 Å². The molecule has 0 saturated carbocycles. The number of hydrogen-bond acceptors (Lipinski definition) is 3. The molecule has 0 aliphatic rings. The van der Waals surface area contributed by atoms with Gasteiger partial charge >= 0.3 is 0 Å². The summed E-state index contributed by atoms with van der Waals surface area (Å²) in [4.78, 5) is 4.60. The first-order valence-electron chi connectivity index (χ1n) is 12.1. The number of unbranched alkanes of at least 4 members (excludes halogenated alkanes) is 9. The monoisotopic (exact) mass is 452 g/mol. The van der Waals surface area contributed by atoms with Crippen LogP contribution in [0.1, 0.15) is 76.7 Å². The molecule has 0 aliphatic carbocycles. The van der Waals surface area contributed by atoms with Gasteiger partial charge in [-0.3, -0.25) is 9.71 Å². The molecule has 0 unspecified atom stereocenters. The molecule has 0 amide bonds. The quantitative estimate of drug-likeness (QED) is 0.258. The molecule has 0 fully saturated rings. The van der Waals surface area contributed by atoms with E-state index >= 15 is 0 Å². The van der Waals surface area contributed by atoms with Crippen molar-refractivity contribution < 1.29 is 8.42 Å². The number of anilines is 1. The third-order valence-electron chi connectivity index (χ3n) is 5.93. The van der Waals surface area contributed by atoms with E-state index in [1.165, 1.54) is 63.4 Å². The van der Waals surface area contributed by atoms with Gasteiger partial charge in [-0.25, -0.2) is 8.42 Å².